The van der Waals surface area contributed by atoms with Gasteiger partial charge in [0.25, 0.3) is 11.6 Å². The average molecular weight is 643 g/mol. The first kappa shape index (κ1) is 22.8. The van der Waals surface area contributed by atoms with Crippen molar-refractivity contribution in [3.63, 3.8) is 0 Å². The monoisotopic (exact) mass is 640 g/mol. The van der Waals surface area contributed by atoms with Crippen LogP contribution in [0.2, 0.25) is 0 Å². The fraction of sp³-hybridized carbons (Fsp3) is 0.105. The number of benzene rings is 2. The SMILES string of the molecule is CC1=NN(c2nc(-c3cccc([N+](=O)[O-])c3)cs2)C(=O)[C@H]1N=Nc1c(Br)cc(Br)cc1Br. The summed E-state index contributed by atoms with van der Waals surface area (Å²) in [5.41, 5.74) is 2.09. The van der Waals surface area contributed by atoms with Crippen LogP contribution in [0.25, 0.3) is 11.3 Å². The second-order valence-electron chi connectivity index (χ2n) is 6.55. The number of anilines is 1. The maximum Gasteiger partial charge on any atom is 0.282 e. The van der Waals surface area contributed by atoms with E-state index in [9.17, 15) is 14.9 Å². The van der Waals surface area contributed by atoms with Crippen molar-refractivity contribution in [2.24, 2.45) is 15.3 Å². The summed E-state index contributed by atoms with van der Waals surface area (Å²) in [4.78, 5) is 28.0. The smallest absolute Gasteiger partial charge is 0.269 e. The Labute approximate surface area is 210 Å². The fourth-order valence-electron chi connectivity index (χ4n) is 2.84. The molecule has 9 nitrogen and oxygen atoms in total. The minimum atomic E-state index is -0.873. The number of nitro groups is 1. The maximum atomic E-state index is 13.0. The first-order chi connectivity index (χ1) is 15.2. The summed E-state index contributed by atoms with van der Waals surface area (Å²) in [6.45, 7) is 1.70. The van der Waals surface area contributed by atoms with Crippen molar-refractivity contribution >= 4 is 87.3 Å². The third-order valence-corrected chi connectivity index (χ3v) is 6.86. The summed E-state index contributed by atoms with van der Waals surface area (Å²) in [5.74, 6) is -0.379. The highest BCUT2D eigenvalue weighted by Crippen LogP contribution is 2.37. The number of hydrogen-bond acceptors (Lipinski definition) is 8. The lowest BCUT2D eigenvalue weighted by molar-refractivity contribution is -0.384. The van der Waals surface area contributed by atoms with Crippen molar-refractivity contribution in [3.8, 4) is 11.3 Å². The molecular weight excluding hydrogens is 632 g/mol. The number of nitrogens with zero attached hydrogens (tertiary/aromatic N) is 6. The quantitative estimate of drug-likeness (QED) is 0.171. The van der Waals surface area contributed by atoms with Crippen LogP contribution in [0.3, 0.4) is 0 Å². The highest BCUT2D eigenvalue weighted by atomic mass is 79.9. The molecular formula is C19H11Br3N6O3S. The zero-order chi connectivity index (χ0) is 23.0. The van der Waals surface area contributed by atoms with Gasteiger partial charge in [0.15, 0.2) is 6.04 Å². The second kappa shape index (κ2) is 9.25. The van der Waals surface area contributed by atoms with Crippen molar-refractivity contribution in [1.29, 1.82) is 0 Å². The van der Waals surface area contributed by atoms with E-state index >= 15 is 0 Å². The molecule has 0 bridgehead atoms. The Morgan fingerprint density at radius 1 is 1.19 bits per heavy atom. The molecule has 2 heterocycles. The van der Waals surface area contributed by atoms with Crippen molar-refractivity contribution in [2.75, 3.05) is 5.01 Å². The lowest BCUT2D eigenvalue weighted by atomic mass is 10.1. The van der Waals surface area contributed by atoms with E-state index in [0.717, 1.165) is 4.47 Å². The van der Waals surface area contributed by atoms with Gasteiger partial charge in [0.1, 0.15) is 5.69 Å². The molecule has 4 rings (SSSR count). The molecule has 162 valence electrons. The van der Waals surface area contributed by atoms with E-state index in [1.165, 1.54) is 28.5 Å². The van der Waals surface area contributed by atoms with Gasteiger partial charge in [-0.2, -0.15) is 20.3 Å². The summed E-state index contributed by atoms with van der Waals surface area (Å²) in [7, 11) is 0. The van der Waals surface area contributed by atoms with Crippen LogP contribution in [0.1, 0.15) is 6.92 Å². The molecule has 32 heavy (non-hydrogen) atoms. The number of carbonyl (C=O) groups excluding carboxylic acids is 1. The highest BCUT2D eigenvalue weighted by Gasteiger charge is 2.36. The van der Waals surface area contributed by atoms with Crippen molar-refractivity contribution < 1.29 is 9.72 Å². The lowest BCUT2D eigenvalue weighted by Gasteiger charge is -2.08. The van der Waals surface area contributed by atoms with Crippen LogP contribution in [0.15, 0.2) is 70.5 Å². The number of hydrogen-bond donors (Lipinski definition) is 0. The Balaban J connectivity index is 1.57. The van der Waals surface area contributed by atoms with E-state index in [0.29, 0.717) is 36.7 Å². The van der Waals surface area contributed by atoms with Gasteiger partial charge in [-0.3, -0.25) is 14.9 Å². The molecule has 3 aromatic rings. The van der Waals surface area contributed by atoms with Crippen LogP contribution < -0.4 is 5.01 Å². The lowest BCUT2D eigenvalue weighted by Crippen LogP contribution is -2.29. The standard InChI is InChI=1S/C19H11Br3N6O3S/c1-9-16(24-25-17-13(21)6-11(20)7-14(17)22)18(29)27(26-9)19-23-15(8-32-19)10-3-2-4-12(5-10)28(30)31/h2-8,16H,1H3/t16-/m0/s1. The van der Waals surface area contributed by atoms with E-state index < -0.39 is 11.0 Å². The molecule has 0 N–H and O–H groups in total. The molecule has 13 heteroatoms. The summed E-state index contributed by atoms with van der Waals surface area (Å²) in [5, 5.41) is 27.0. The molecule has 0 unspecified atom stereocenters. The predicted octanol–water partition coefficient (Wildman–Crippen LogP) is 6.88. The molecule has 1 amide bonds. The van der Waals surface area contributed by atoms with E-state index in [2.05, 4.69) is 68.1 Å². The average Bonchev–Trinajstić information content (AvgIpc) is 3.33. The van der Waals surface area contributed by atoms with E-state index in [1.54, 1.807) is 24.4 Å². The van der Waals surface area contributed by atoms with Crippen LogP contribution in [0.5, 0.6) is 0 Å². The van der Waals surface area contributed by atoms with Crippen LogP contribution in [-0.2, 0) is 4.79 Å². The van der Waals surface area contributed by atoms with Crippen LogP contribution in [0.4, 0.5) is 16.5 Å². The minimum absolute atomic E-state index is 0.0334. The molecule has 1 aromatic heterocycles. The normalized spacial score (nSPS) is 16.1. The topological polar surface area (TPSA) is 113 Å². The zero-order valence-corrected chi connectivity index (χ0v) is 21.6. The Morgan fingerprint density at radius 2 is 1.91 bits per heavy atom. The summed E-state index contributed by atoms with van der Waals surface area (Å²) in [6, 6.07) is 8.93. The van der Waals surface area contributed by atoms with Gasteiger partial charge in [0.05, 0.1) is 16.3 Å². The van der Waals surface area contributed by atoms with Crippen molar-refractivity contribution in [1.82, 2.24) is 4.98 Å². The number of amides is 1. The molecule has 1 aliphatic heterocycles. The molecule has 0 fully saturated rings. The van der Waals surface area contributed by atoms with Gasteiger partial charge in [0, 0.05) is 36.5 Å². The Morgan fingerprint density at radius 3 is 2.59 bits per heavy atom. The molecule has 1 aliphatic rings. The van der Waals surface area contributed by atoms with Crippen LogP contribution in [0, 0.1) is 10.1 Å². The highest BCUT2D eigenvalue weighted by molar-refractivity contribution is 9.11. The van der Waals surface area contributed by atoms with Gasteiger partial charge in [-0.15, -0.1) is 11.3 Å². The number of aromatic nitrogens is 1. The maximum absolute atomic E-state index is 13.0. The molecule has 0 saturated carbocycles. The second-order valence-corrected chi connectivity index (χ2v) is 10.0. The molecule has 0 saturated heterocycles. The summed E-state index contributed by atoms with van der Waals surface area (Å²) >= 11 is 11.5. The zero-order valence-electron chi connectivity index (χ0n) is 16.1. The number of azo groups is 1. The van der Waals surface area contributed by atoms with Gasteiger partial charge in [0.2, 0.25) is 5.13 Å². The number of carbonyl (C=O) groups is 1. The minimum Gasteiger partial charge on any atom is -0.269 e. The van der Waals surface area contributed by atoms with Crippen LogP contribution >= 0.6 is 59.1 Å². The molecule has 1 atom stereocenters. The van der Waals surface area contributed by atoms with Crippen LogP contribution in [-0.4, -0.2) is 27.6 Å². The molecule has 0 spiro atoms. The van der Waals surface area contributed by atoms with Crippen molar-refractivity contribution in [2.45, 2.75) is 13.0 Å². The first-order valence-corrected chi connectivity index (χ1v) is 12.2. The number of non-ortho nitro benzene ring substituents is 1. The largest absolute Gasteiger partial charge is 0.282 e. The fourth-order valence-corrected chi connectivity index (χ4v) is 6.05. The number of thiazole rings is 1. The number of hydrazone groups is 1. The Bertz CT molecular complexity index is 1290. The number of halogens is 3. The Kier molecular flexibility index (Phi) is 6.60. The van der Waals surface area contributed by atoms with Crippen molar-refractivity contribution in [3.05, 3.63) is 65.3 Å². The predicted molar refractivity (Wildman–Crippen MR) is 133 cm³/mol. The summed E-state index contributed by atoms with van der Waals surface area (Å²) in [6.07, 6.45) is 0. The van der Waals surface area contributed by atoms with E-state index in [-0.39, 0.29) is 11.6 Å². The Hall–Kier alpha value is -2.35. The van der Waals surface area contributed by atoms with Gasteiger partial charge < -0.3 is 0 Å². The number of rotatable bonds is 5. The van der Waals surface area contributed by atoms with E-state index in [1.807, 2.05) is 12.1 Å². The summed E-state index contributed by atoms with van der Waals surface area (Å²) < 4.78 is 2.28. The molecule has 0 radical (unpaired) electrons. The van der Waals surface area contributed by atoms with Gasteiger partial charge in [-0.05, 0) is 50.9 Å². The third kappa shape index (κ3) is 4.56. The number of nitro benzene ring substituents is 1. The van der Waals surface area contributed by atoms with Gasteiger partial charge in [-0.1, -0.05) is 28.1 Å². The molecule has 0 aliphatic carbocycles. The van der Waals surface area contributed by atoms with Gasteiger partial charge in [-0.25, -0.2) is 4.98 Å². The first-order valence-electron chi connectivity index (χ1n) is 8.89. The van der Waals surface area contributed by atoms with Gasteiger partial charge >= 0.3 is 0 Å². The third-order valence-electron chi connectivity index (χ3n) is 4.38. The molecule has 2 aromatic carbocycles. The van der Waals surface area contributed by atoms with E-state index in [4.69, 9.17) is 0 Å².